The molecule has 0 bridgehead atoms. The maximum Gasteiger partial charge on any atom is 0.434 e. The molecular formula is C9H13F3N2S2. The highest BCUT2D eigenvalue weighted by atomic mass is 32.2. The van der Waals surface area contributed by atoms with Crippen molar-refractivity contribution in [1.29, 1.82) is 0 Å². The molecule has 2 nitrogen and oxygen atoms in total. The zero-order chi connectivity index (χ0) is 12.3. The summed E-state index contributed by atoms with van der Waals surface area (Å²) >= 11 is 2.62. The van der Waals surface area contributed by atoms with Crippen LogP contribution >= 0.6 is 23.1 Å². The summed E-state index contributed by atoms with van der Waals surface area (Å²) in [6.45, 7) is 3.87. The van der Waals surface area contributed by atoms with Gasteiger partial charge in [0.2, 0.25) is 0 Å². The van der Waals surface area contributed by atoms with Gasteiger partial charge in [-0.3, -0.25) is 0 Å². The van der Waals surface area contributed by atoms with E-state index < -0.39 is 11.9 Å². The minimum Gasteiger partial charge on any atom is -0.326 e. The van der Waals surface area contributed by atoms with Gasteiger partial charge in [-0.1, -0.05) is 13.8 Å². The molecule has 1 aromatic heterocycles. The van der Waals surface area contributed by atoms with Crippen molar-refractivity contribution < 1.29 is 13.2 Å². The highest BCUT2D eigenvalue weighted by Crippen LogP contribution is 2.35. The average Bonchev–Trinajstić information content (AvgIpc) is 2.57. The number of alkyl halides is 3. The van der Waals surface area contributed by atoms with Gasteiger partial charge in [0.05, 0.1) is 4.88 Å². The number of rotatable bonds is 4. The first-order valence-electron chi connectivity index (χ1n) is 4.72. The van der Waals surface area contributed by atoms with Gasteiger partial charge in [-0.05, 0) is 5.25 Å². The second kappa shape index (κ2) is 5.37. The van der Waals surface area contributed by atoms with Crippen LogP contribution in [0.3, 0.4) is 0 Å². The first-order valence-corrected chi connectivity index (χ1v) is 6.58. The largest absolute Gasteiger partial charge is 0.434 e. The molecule has 0 saturated carbocycles. The van der Waals surface area contributed by atoms with Gasteiger partial charge in [0.1, 0.15) is 5.01 Å². The standard InChI is InChI=1S/C9H13F3N2S2/c1-5(2)15-4-7-14-8(9(10,11)12)6(3-13)16-7/h5H,3-4,13H2,1-2H3. The molecule has 0 radical (unpaired) electrons. The summed E-state index contributed by atoms with van der Waals surface area (Å²) in [5.41, 5.74) is 4.46. The van der Waals surface area contributed by atoms with E-state index in [4.69, 9.17) is 5.73 Å². The number of thiazole rings is 1. The number of hydrogen-bond donors (Lipinski definition) is 1. The number of thioether (sulfide) groups is 1. The van der Waals surface area contributed by atoms with Gasteiger partial charge in [0.25, 0.3) is 0 Å². The minimum absolute atomic E-state index is 0.112. The maximum absolute atomic E-state index is 12.5. The lowest BCUT2D eigenvalue weighted by molar-refractivity contribution is -0.141. The molecule has 0 aliphatic rings. The van der Waals surface area contributed by atoms with Crippen LogP contribution in [0, 0.1) is 0 Å². The third-order valence-corrected chi connectivity index (χ3v) is 4.10. The topological polar surface area (TPSA) is 38.9 Å². The van der Waals surface area contributed by atoms with E-state index in [2.05, 4.69) is 4.98 Å². The van der Waals surface area contributed by atoms with Crippen LogP contribution in [0.15, 0.2) is 0 Å². The molecule has 7 heteroatoms. The van der Waals surface area contributed by atoms with E-state index in [0.717, 1.165) is 11.3 Å². The summed E-state index contributed by atoms with van der Waals surface area (Å²) in [5, 5.41) is 0.867. The van der Waals surface area contributed by atoms with Gasteiger partial charge >= 0.3 is 6.18 Å². The zero-order valence-corrected chi connectivity index (χ0v) is 10.6. The number of hydrogen-bond acceptors (Lipinski definition) is 4. The van der Waals surface area contributed by atoms with Gasteiger partial charge in [0.15, 0.2) is 5.69 Å². The molecule has 0 aliphatic carbocycles. The van der Waals surface area contributed by atoms with E-state index >= 15 is 0 Å². The van der Waals surface area contributed by atoms with Crippen LogP contribution in [-0.4, -0.2) is 10.2 Å². The Balaban J connectivity index is 2.86. The highest BCUT2D eigenvalue weighted by molar-refractivity contribution is 7.99. The molecular weight excluding hydrogens is 257 g/mol. The highest BCUT2D eigenvalue weighted by Gasteiger charge is 2.36. The Morgan fingerprint density at radius 1 is 1.44 bits per heavy atom. The fraction of sp³-hybridized carbons (Fsp3) is 0.667. The van der Waals surface area contributed by atoms with Crippen molar-refractivity contribution in [1.82, 2.24) is 4.98 Å². The lowest BCUT2D eigenvalue weighted by Gasteiger charge is -2.03. The summed E-state index contributed by atoms with van der Waals surface area (Å²) in [7, 11) is 0. The Bertz CT molecular complexity index is 347. The minimum atomic E-state index is -4.40. The molecule has 16 heavy (non-hydrogen) atoms. The zero-order valence-electron chi connectivity index (χ0n) is 8.97. The Morgan fingerprint density at radius 2 is 2.06 bits per heavy atom. The Morgan fingerprint density at radius 3 is 2.44 bits per heavy atom. The molecule has 2 N–H and O–H groups in total. The van der Waals surface area contributed by atoms with Crippen LogP contribution in [0.1, 0.15) is 29.4 Å². The Kier molecular flexibility index (Phi) is 4.63. The van der Waals surface area contributed by atoms with E-state index in [0.29, 0.717) is 16.0 Å². The molecule has 0 unspecified atom stereocenters. The third kappa shape index (κ3) is 3.64. The SMILES string of the molecule is CC(C)SCc1nc(C(F)(F)F)c(CN)s1. The number of nitrogens with two attached hydrogens (primary N) is 1. The van der Waals surface area contributed by atoms with E-state index in [1.54, 1.807) is 11.8 Å². The van der Waals surface area contributed by atoms with Crippen molar-refractivity contribution in [2.24, 2.45) is 5.73 Å². The fourth-order valence-electron chi connectivity index (χ4n) is 1.06. The smallest absolute Gasteiger partial charge is 0.326 e. The molecule has 0 aliphatic heterocycles. The molecule has 0 spiro atoms. The summed E-state index contributed by atoms with van der Waals surface area (Å²) < 4.78 is 37.6. The van der Waals surface area contributed by atoms with Gasteiger partial charge < -0.3 is 5.73 Å². The van der Waals surface area contributed by atoms with Crippen LogP contribution in [0.25, 0.3) is 0 Å². The van der Waals surface area contributed by atoms with E-state index in [1.807, 2.05) is 13.8 Å². The first-order chi connectivity index (χ1) is 7.34. The molecule has 0 aromatic carbocycles. The van der Waals surface area contributed by atoms with Crippen molar-refractivity contribution in [3.8, 4) is 0 Å². The van der Waals surface area contributed by atoms with Crippen molar-refractivity contribution >= 4 is 23.1 Å². The van der Waals surface area contributed by atoms with Gasteiger partial charge in [0, 0.05) is 12.3 Å². The molecule has 92 valence electrons. The van der Waals surface area contributed by atoms with Crippen molar-refractivity contribution in [2.75, 3.05) is 0 Å². The van der Waals surface area contributed by atoms with Crippen LogP contribution < -0.4 is 5.73 Å². The summed E-state index contributed by atoms with van der Waals surface area (Å²) in [6, 6.07) is 0. The predicted octanol–water partition coefficient (Wildman–Crippen LogP) is 3.26. The lowest BCUT2D eigenvalue weighted by atomic mass is 10.3. The summed E-state index contributed by atoms with van der Waals surface area (Å²) in [5.74, 6) is 0.505. The van der Waals surface area contributed by atoms with Crippen molar-refractivity contribution in [2.45, 2.75) is 37.6 Å². The van der Waals surface area contributed by atoms with E-state index in [-0.39, 0.29) is 11.4 Å². The van der Waals surface area contributed by atoms with Gasteiger partial charge in [-0.2, -0.15) is 24.9 Å². The maximum atomic E-state index is 12.5. The van der Waals surface area contributed by atoms with E-state index in [9.17, 15) is 13.2 Å². The number of nitrogens with zero attached hydrogens (tertiary/aromatic N) is 1. The molecule has 1 aromatic rings. The molecule has 0 atom stereocenters. The quantitative estimate of drug-likeness (QED) is 0.912. The lowest BCUT2D eigenvalue weighted by Crippen LogP contribution is -2.10. The number of aromatic nitrogens is 1. The number of halogens is 3. The monoisotopic (exact) mass is 270 g/mol. The van der Waals surface area contributed by atoms with E-state index in [1.165, 1.54) is 0 Å². The van der Waals surface area contributed by atoms with Crippen LogP contribution in [0.4, 0.5) is 13.2 Å². The summed E-state index contributed by atoms with van der Waals surface area (Å²) in [4.78, 5) is 3.73. The van der Waals surface area contributed by atoms with Crippen LogP contribution in [0.5, 0.6) is 0 Å². The second-order valence-corrected chi connectivity index (χ2v) is 6.17. The second-order valence-electron chi connectivity index (χ2n) is 3.44. The fourth-order valence-corrected chi connectivity index (χ4v) is 2.80. The van der Waals surface area contributed by atoms with Crippen molar-refractivity contribution in [3.63, 3.8) is 0 Å². The Labute approximate surface area is 100 Å². The van der Waals surface area contributed by atoms with Crippen LogP contribution in [0.2, 0.25) is 0 Å². The summed E-state index contributed by atoms with van der Waals surface area (Å²) in [6.07, 6.45) is -4.40. The predicted molar refractivity (Wildman–Crippen MR) is 61.4 cm³/mol. The Hall–Kier alpha value is -0.270. The molecule has 0 saturated heterocycles. The van der Waals surface area contributed by atoms with Gasteiger partial charge in [-0.15, -0.1) is 11.3 Å². The molecule has 1 rings (SSSR count). The molecule has 0 fully saturated rings. The molecule has 0 amide bonds. The average molecular weight is 270 g/mol. The third-order valence-electron chi connectivity index (χ3n) is 1.74. The van der Waals surface area contributed by atoms with Gasteiger partial charge in [-0.25, -0.2) is 4.98 Å². The molecule has 1 heterocycles. The van der Waals surface area contributed by atoms with Crippen LogP contribution in [-0.2, 0) is 18.5 Å². The van der Waals surface area contributed by atoms with Crippen molar-refractivity contribution in [3.05, 3.63) is 15.6 Å². The first kappa shape index (κ1) is 13.8. The normalized spacial score (nSPS) is 12.4.